The van der Waals surface area contributed by atoms with Crippen LogP contribution in [0.15, 0.2) is 24.3 Å². The van der Waals surface area contributed by atoms with E-state index in [1.165, 1.54) is 0 Å². The molecule has 2 rings (SSSR count). The van der Waals surface area contributed by atoms with Crippen molar-refractivity contribution in [3.63, 3.8) is 0 Å². The fraction of sp³-hybridized carbons (Fsp3) is 0.611. The summed E-state index contributed by atoms with van der Waals surface area (Å²) in [6.07, 6.45) is 1.96. The molecule has 1 saturated heterocycles. The van der Waals surface area contributed by atoms with Gasteiger partial charge in [-0.2, -0.15) is 0 Å². The molecule has 2 N–H and O–H groups in total. The topological polar surface area (TPSA) is 61.8 Å². The lowest BCUT2D eigenvalue weighted by Crippen LogP contribution is -2.40. The van der Waals surface area contributed by atoms with E-state index in [9.17, 15) is 9.90 Å². The van der Waals surface area contributed by atoms with E-state index in [2.05, 4.69) is 12.2 Å². The quantitative estimate of drug-likeness (QED) is 0.810. The van der Waals surface area contributed by atoms with E-state index in [0.29, 0.717) is 25.3 Å². The molecule has 1 heterocycles. The Labute approximate surface area is 138 Å². The summed E-state index contributed by atoms with van der Waals surface area (Å²) in [6, 6.07) is 7.80. The molecule has 5 nitrogen and oxygen atoms in total. The summed E-state index contributed by atoms with van der Waals surface area (Å²) in [5.74, 6) is 0.254. The summed E-state index contributed by atoms with van der Waals surface area (Å²) < 4.78 is 5.40. The van der Waals surface area contributed by atoms with Gasteiger partial charge < -0.3 is 20.1 Å². The SMILES string of the molecule is CCOCC(C)Nc1cccc(C(=O)N2CCCC(CO)C2)c1. The molecule has 1 aromatic rings. The minimum absolute atomic E-state index is 0.0456. The number of likely N-dealkylation sites (tertiary alicyclic amines) is 1. The highest BCUT2D eigenvalue weighted by atomic mass is 16.5. The third-order valence-corrected chi connectivity index (χ3v) is 4.16. The van der Waals surface area contributed by atoms with Crippen LogP contribution in [0.1, 0.15) is 37.0 Å². The first-order valence-corrected chi connectivity index (χ1v) is 8.48. The third-order valence-electron chi connectivity index (χ3n) is 4.16. The van der Waals surface area contributed by atoms with E-state index < -0.39 is 0 Å². The predicted octanol–water partition coefficient (Wildman–Crippen LogP) is 2.37. The molecule has 128 valence electrons. The maximum absolute atomic E-state index is 12.7. The lowest BCUT2D eigenvalue weighted by atomic mass is 9.98. The Balaban J connectivity index is 1.99. The Hall–Kier alpha value is -1.59. The minimum Gasteiger partial charge on any atom is -0.396 e. The standard InChI is InChI=1S/C18H28N2O3/c1-3-23-13-14(2)19-17-8-4-7-16(10-17)18(22)20-9-5-6-15(11-20)12-21/h4,7-8,10,14-15,19,21H,3,5-6,9,11-13H2,1-2H3. The monoisotopic (exact) mass is 320 g/mol. The molecule has 23 heavy (non-hydrogen) atoms. The molecular weight excluding hydrogens is 292 g/mol. The first-order chi connectivity index (χ1) is 11.1. The van der Waals surface area contributed by atoms with E-state index in [-0.39, 0.29) is 24.5 Å². The number of piperidine rings is 1. The fourth-order valence-corrected chi connectivity index (χ4v) is 2.94. The van der Waals surface area contributed by atoms with Crippen LogP contribution in [0, 0.1) is 5.92 Å². The second-order valence-electron chi connectivity index (χ2n) is 6.23. The van der Waals surface area contributed by atoms with Gasteiger partial charge in [0.15, 0.2) is 0 Å². The number of hydrogen-bond acceptors (Lipinski definition) is 4. The van der Waals surface area contributed by atoms with Crippen LogP contribution >= 0.6 is 0 Å². The third kappa shape index (κ3) is 5.22. The predicted molar refractivity (Wildman–Crippen MR) is 91.7 cm³/mol. The van der Waals surface area contributed by atoms with Crippen LogP contribution in [-0.2, 0) is 4.74 Å². The number of nitrogens with zero attached hydrogens (tertiary/aromatic N) is 1. The molecule has 0 aromatic heterocycles. The van der Waals surface area contributed by atoms with E-state index in [1.807, 2.05) is 36.1 Å². The highest BCUT2D eigenvalue weighted by molar-refractivity contribution is 5.95. The van der Waals surface area contributed by atoms with Crippen molar-refractivity contribution in [1.82, 2.24) is 4.90 Å². The van der Waals surface area contributed by atoms with Gasteiger partial charge in [0, 0.05) is 43.6 Å². The van der Waals surface area contributed by atoms with Gasteiger partial charge in [-0.05, 0) is 50.8 Å². The van der Waals surface area contributed by atoms with Gasteiger partial charge in [0.05, 0.1) is 6.61 Å². The molecule has 0 spiro atoms. The van der Waals surface area contributed by atoms with Crippen LogP contribution < -0.4 is 5.32 Å². The molecule has 2 atom stereocenters. The lowest BCUT2D eigenvalue weighted by Gasteiger charge is -2.32. The Morgan fingerprint density at radius 3 is 3.09 bits per heavy atom. The molecule has 0 bridgehead atoms. The molecule has 0 radical (unpaired) electrons. The number of amides is 1. The summed E-state index contributed by atoms with van der Waals surface area (Å²) in [5, 5.41) is 12.7. The maximum Gasteiger partial charge on any atom is 0.253 e. The van der Waals surface area contributed by atoms with Gasteiger partial charge in [-0.3, -0.25) is 4.79 Å². The van der Waals surface area contributed by atoms with Gasteiger partial charge in [0.1, 0.15) is 0 Å². The molecule has 1 aliphatic heterocycles. The summed E-state index contributed by atoms with van der Waals surface area (Å²) in [6.45, 7) is 6.94. The zero-order chi connectivity index (χ0) is 16.7. The van der Waals surface area contributed by atoms with Gasteiger partial charge in [-0.15, -0.1) is 0 Å². The molecule has 1 aromatic carbocycles. The highest BCUT2D eigenvalue weighted by Crippen LogP contribution is 2.20. The van der Waals surface area contributed by atoms with Crippen molar-refractivity contribution in [3.8, 4) is 0 Å². The van der Waals surface area contributed by atoms with Crippen molar-refractivity contribution in [3.05, 3.63) is 29.8 Å². The number of aliphatic hydroxyl groups excluding tert-OH is 1. The molecule has 2 unspecified atom stereocenters. The Morgan fingerprint density at radius 2 is 2.35 bits per heavy atom. The highest BCUT2D eigenvalue weighted by Gasteiger charge is 2.24. The van der Waals surface area contributed by atoms with E-state index >= 15 is 0 Å². The van der Waals surface area contributed by atoms with Gasteiger partial charge in [-0.25, -0.2) is 0 Å². The second-order valence-corrected chi connectivity index (χ2v) is 6.23. The number of anilines is 1. The number of carbonyl (C=O) groups excluding carboxylic acids is 1. The van der Waals surface area contributed by atoms with Crippen molar-refractivity contribution >= 4 is 11.6 Å². The number of nitrogens with one attached hydrogen (secondary N) is 1. The lowest BCUT2D eigenvalue weighted by molar-refractivity contribution is 0.0621. The number of hydrogen-bond donors (Lipinski definition) is 2. The van der Waals surface area contributed by atoms with Gasteiger partial charge >= 0.3 is 0 Å². The fourth-order valence-electron chi connectivity index (χ4n) is 2.94. The second kappa shape index (κ2) is 8.89. The molecule has 1 fully saturated rings. The zero-order valence-electron chi connectivity index (χ0n) is 14.1. The van der Waals surface area contributed by atoms with Gasteiger partial charge in [-0.1, -0.05) is 6.07 Å². The smallest absolute Gasteiger partial charge is 0.253 e. The van der Waals surface area contributed by atoms with Crippen LogP contribution in [0.4, 0.5) is 5.69 Å². The van der Waals surface area contributed by atoms with Crippen molar-refractivity contribution in [2.75, 3.05) is 38.2 Å². The van der Waals surface area contributed by atoms with Crippen molar-refractivity contribution in [2.24, 2.45) is 5.92 Å². The number of rotatable bonds is 7. The molecule has 0 aliphatic carbocycles. The average Bonchev–Trinajstić information content (AvgIpc) is 2.59. The van der Waals surface area contributed by atoms with Crippen LogP contribution in [0.25, 0.3) is 0 Å². The van der Waals surface area contributed by atoms with Crippen LogP contribution in [0.3, 0.4) is 0 Å². The first-order valence-electron chi connectivity index (χ1n) is 8.48. The summed E-state index contributed by atoms with van der Waals surface area (Å²) in [7, 11) is 0. The normalized spacial score (nSPS) is 19.4. The molecule has 0 saturated carbocycles. The van der Waals surface area contributed by atoms with Crippen LogP contribution in [0.5, 0.6) is 0 Å². The van der Waals surface area contributed by atoms with Crippen molar-refractivity contribution < 1.29 is 14.6 Å². The average molecular weight is 320 g/mol. The van der Waals surface area contributed by atoms with Crippen LogP contribution in [0.2, 0.25) is 0 Å². The molecule has 1 amide bonds. The summed E-state index contributed by atoms with van der Waals surface area (Å²) in [5.41, 5.74) is 1.62. The number of aliphatic hydroxyl groups is 1. The van der Waals surface area contributed by atoms with Crippen LogP contribution in [-0.4, -0.2) is 54.9 Å². The van der Waals surface area contributed by atoms with Crippen molar-refractivity contribution in [1.29, 1.82) is 0 Å². The Bertz CT molecular complexity index is 507. The van der Waals surface area contributed by atoms with Gasteiger partial charge in [0.25, 0.3) is 5.91 Å². The molecular formula is C18H28N2O3. The molecule has 1 aliphatic rings. The summed E-state index contributed by atoms with van der Waals surface area (Å²) in [4.78, 5) is 14.5. The minimum atomic E-state index is 0.0456. The van der Waals surface area contributed by atoms with Crippen molar-refractivity contribution in [2.45, 2.75) is 32.7 Å². The molecule has 5 heteroatoms. The Kier molecular flexibility index (Phi) is 6.86. The first kappa shape index (κ1) is 17.8. The Morgan fingerprint density at radius 1 is 1.52 bits per heavy atom. The largest absolute Gasteiger partial charge is 0.396 e. The van der Waals surface area contributed by atoms with E-state index in [0.717, 1.165) is 25.1 Å². The number of carbonyl (C=O) groups is 1. The maximum atomic E-state index is 12.7. The number of ether oxygens (including phenoxy) is 1. The summed E-state index contributed by atoms with van der Waals surface area (Å²) >= 11 is 0. The zero-order valence-corrected chi connectivity index (χ0v) is 14.1. The van der Waals surface area contributed by atoms with Gasteiger partial charge in [0.2, 0.25) is 0 Å². The van der Waals surface area contributed by atoms with E-state index in [1.54, 1.807) is 0 Å². The van der Waals surface area contributed by atoms with E-state index in [4.69, 9.17) is 4.74 Å². The number of benzene rings is 1.